The van der Waals surface area contributed by atoms with Crippen LogP contribution in [0.4, 0.5) is 4.39 Å². The van der Waals surface area contributed by atoms with E-state index in [0.717, 1.165) is 21.7 Å². The van der Waals surface area contributed by atoms with Gasteiger partial charge in [0.25, 0.3) is 0 Å². The van der Waals surface area contributed by atoms with Gasteiger partial charge in [-0.1, -0.05) is 18.2 Å². The molecule has 5 heteroatoms. The van der Waals surface area contributed by atoms with Crippen LogP contribution in [0.25, 0.3) is 10.6 Å². The Kier molecular flexibility index (Phi) is 5.56. The molecule has 0 aliphatic rings. The number of hydrogen-bond acceptors (Lipinski definition) is 3. The van der Waals surface area contributed by atoms with Crippen molar-refractivity contribution in [3.05, 3.63) is 76.5 Å². The van der Waals surface area contributed by atoms with E-state index in [-0.39, 0.29) is 11.7 Å². The number of carbonyl (C=O) groups is 1. The first-order valence-electron chi connectivity index (χ1n) is 8.12. The van der Waals surface area contributed by atoms with Gasteiger partial charge in [0.2, 0.25) is 5.91 Å². The van der Waals surface area contributed by atoms with E-state index in [1.54, 1.807) is 36.6 Å². The van der Waals surface area contributed by atoms with Gasteiger partial charge in [0.15, 0.2) is 0 Å². The largest absolute Gasteiger partial charge is 0.352 e. The Bertz CT molecular complexity index is 862. The first kappa shape index (κ1) is 17.3. The van der Waals surface area contributed by atoms with Crippen molar-refractivity contribution >= 4 is 17.2 Å². The van der Waals surface area contributed by atoms with E-state index >= 15 is 0 Å². The summed E-state index contributed by atoms with van der Waals surface area (Å²) in [6.45, 7) is 2.20. The zero-order valence-corrected chi connectivity index (χ0v) is 14.8. The molecule has 1 N–H and O–H groups in total. The Hall–Kier alpha value is -2.53. The van der Waals surface area contributed by atoms with E-state index < -0.39 is 0 Å². The van der Waals surface area contributed by atoms with Gasteiger partial charge in [0.1, 0.15) is 5.82 Å². The molecular formula is C20H19FN2OS. The highest BCUT2D eigenvalue weighted by molar-refractivity contribution is 7.13. The summed E-state index contributed by atoms with van der Waals surface area (Å²) < 4.78 is 13.3. The molecule has 3 aromatic rings. The minimum Gasteiger partial charge on any atom is -0.352 e. The van der Waals surface area contributed by atoms with Crippen molar-refractivity contribution in [1.29, 1.82) is 0 Å². The van der Waals surface area contributed by atoms with Crippen molar-refractivity contribution < 1.29 is 9.18 Å². The van der Waals surface area contributed by atoms with Crippen LogP contribution >= 0.6 is 11.3 Å². The Balaban J connectivity index is 1.52. The van der Waals surface area contributed by atoms with Gasteiger partial charge >= 0.3 is 0 Å². The maximum Gasteiger partial charge on any atom is 0.220 e. The molecule has 1 aromatic carbocycles. The highest BCUT2D eigenvalue weighted by Crippen LogP contribution is 2.23. The summed E-state index contributed by atoms with van der Waals surface area (Å²) in [7, 11) is 0. The Labute approximate surface area is 150 Å². The molecule has 0 aliphatic heterocycles. The number of carbonyl (C=O) groups excluding carboxylic acids is 1. The fourth-order valence-corrected chi connectivity index (χ4v) is 3.25. The lowest BCUT2D eigenvalue weighted by Gasteiger charge is -2.07. The third-order valence-corrected chi connectivity index (χ3v) is 4.84. The molecule has 25 heavy (non-hydrogen) atoms. The molecule has 0 bridgehead atoms. The standard InChI is InChI=1S/C20H19FN2OS/c1-14-11-15(4-6-17(14)21)5-7-20(24)23-13-16-8-9-22-18(12-16)19-3-2-10-25-19/h2-4,6,8-12H,5,7,13H2,1H3,(H,23,24). The van der Waals surface area contributed by atoms with Crippen LogP contribution in [0.1, 0.15) is 23.1 Å². The minimum absolute atomic E-state index is 0.0172. The number of nitrogens with one attached hydrogen (secondary N) is 1. The molecule has 1 amide bonds. The van der Waals surface area contributed by atoms with E-state index in [4.69, 9.17) is 0 Å². The number of aromatic nitrogens is 1. The molecule has 2 aromatic heterocycles. The first-order valence-corrected chi connectivity index (χ1v) is 9.00. The Morgan fingerprint density at radius 3 is 2.84 bits per heavy atom. The summed E-state index contributed by atoms with van der Waals surface area (Å²) in [4.78, 5) is 17.5. The number of nitrogens with zero attached hydrogens (tertiary/aromatic N) is 1. The molecule has 3 rings (SSSR count). The van der Waals surface area contributed by atoms with Gasteiger partial charge in [-0.15, -0.1) is 11.3 Å². The molecule has 128 valence electrons. The second-order valence-electron chi connectivity index (χ2n) is 5.89. The molecule has 0 atom stereocenters. The normalized spacial score (nSPS) is 10.6. The molecule has 0 unspecified atom stereocenters. The summed E-state index contributed by atoms with van der Waals surface area (Å²) in [6.07, 6.45) is 2.75. The maximum absolute atomic E-state index is 13.3. The number of benzene rings is 1. The predicted octanol–water partition coefficient (Wildman–Crippen LogP) is 4.51. The maximum atomic E-state index is 13.3. The number of pyridine rings is 1. The third-order valence-electron chi connectivity index (χ3n) is 3.95. The SMILES string of the molecule is Cc1cc(CCC(=O)NCc2ccnc(-c3cccs3)c2)ccc1F. The number of amides is 1. The van der Waals surface area contributed by atoms with Gasteiger partial charge in [0.05, 0.1) is 10.6 Å². The van der Waals surface area contributed by atoms with E-state index in [2.05, 4.69) is 10.3 Å². The van der Waals surface area contributed by atoms with E-state index in [9.17, 15) is 9.18 Å². The predicted molar refractivity (Wildman–Crippen MR) is 98.9 cm³/mol. The quantitative estimate of drug-likeness (QED) is 0.708. The summed E-state index contributed by atoms with van der Waals surface area (Å²) in [5.41, 5.74) is 3.52. The summed E-state index contributed by atoms with van der Waals surface area (Å²) in [6, 6.07) is 12.9. The van der Waals surface area contributed by atoms with Gasteiger partial charge < -0.3 is 5.32 Å². The molecule has 0 saturated heterocycles. The fraction of sp³-hybridized carbons (Fsp3) is 0.200. The zero-order valence-electron chi connectivity index (χ0n) is 14.0. The van der Waals surface area contributed by atoms with E-state index in [0.29, 0.717) is 24.9 Å². The van der Waals surface area contributed by atoms with Gasteiger partial charge in [-0.2, -0.15) is 0 Å². The zero-order chi connectivity index (χ0) is 17.6. The summed E-state index contributed by atoms with van der Waals surface area (Å²) in [5.74, 6) is -0.233. The summed E-state index contributed by atoms with van der Waals surface area (Å²) in [5, 5.41) is 4.95. The number of hydrogen-bond donors (Lipinski definition) is 1. The van der Waals surface area contributed by atoms with Gasteiger partial charge in [-0.3, -0.25) is 9.78 Å². The molecule has 0 fully saturated rings. The number of rotatable bonds is 6. The van der Waals surface area contributed by atoms with Gasteiger partial charge in [-0.25, -0.2) is 4.39 Å². The van der Waals surface area contributed by atoms with Crippen molar-refractivity contribution in [3.63, 3.8) is 0 Å². The van der Waals surface area contributed by atoms with E-state index in [1.165, 1.54) is 6.07 Å². The second-order valence-corrected chi connectivity index (χ2v) is 6.83. The van der Waals surface area contributed by atoms with Gasteiger partial charge in [-0.05, 0) is 59.7 Å². The number of thiophene rings is 1. The molecule has 2 heterocycles. The highest BCUT2D eigenvalue weighted by atomic mass is 32.1. The molecule has 0 saturated carbocycles. The van der Waals surface area contributed by atoms with Crippen LogP contribution < -0.4 is 5.32 Å². The van der Waals surface area contributed by atoms with Crippen molar-refractivity contribution in [1.82, 2.24) is 10.3 Å². The fourth-order valence-electron chi connectivity index (χ4n) is 2.55. The van der Waals surface area contributed by atoms with Crippen LogP contribution in [0.2, 0.25) is 0 Å². The Morgan fingerprint density at radius 1 is 1.20 bits per heavy atom. The lowest BCUT2D eigenvalue weighted by Crippen LogP contribution is -2.23. The average molecular weight is 354 g/mol. The van der Waals surface area contributed by atoms with Crippen LogP contribution in [0.3, 0.4) is 0 Å². The van der Waals surface area contributed by atoms with Crippen molar-refractivity contribution in [2.24, 2.45) is 0 Å². The van der Waals surface area contributed by atoms with Gasteiger partial charge in [0, 0.05) is 19.2 Å². The topological polar surface area (TPSA) is 42.0 Å². The van der Waals surface area contributed by atoms with Crippen LogP contribution in [0, 0.1) is 12.7 Å². The lowest BCUT2D eigenvalue weighted by molar-refractivity contribution is -0.121. The van der Waals surface area contributed by atoms with Crippen LogP contribution in [0.15, 0.2) is 54.0 Å². The number of halogens is 1. The minimum atomic E-state index is -0.215. The summed E-state index contributed by atoms with van der Waals surface area (Å²) >= 11 is 1.64. The van der Waals surface area contributed by atoms with Crippen molar-refractivity contribution in [3.8, 4) is 10.6 Å². The van der Waals surface area contributed by atoms with Crippen LogP contribution in [-0.4, -0.2) is 10.9 Å². The monoisotopic (exact) mass is 354 g/mol. The Morgan fingerprint density at radius 2 is 2.08 bits per heavy atom. The lowest BCUT2D eigenvalue weighted by atomic mass is 10.1. The van der Waals surface area contributed by atoms with Crippen molar-refractivity contribution in [2.75, 3.05) is 0 Å². The van der Waals surface area contributed by atoms with Crippen LogP contribution in [-0.2, 0) is 17.8 Å². The average Bonchev–Trinajstić information content (AvgIpc) is 3.16. The molecular weight excluding hydrogens is 335 g/mol. The second kappa shape index (κ2) is 8.03. The van der Waals surface area contributed by atoms with Crippen LogP contribution in [0.5, 0.6) is 0 Å². The molecule has 3 nitrogen and oxygen atoms in total. The highest BCUT2D eigenvalue weighted by Gasteiger charge is 2.06. The molecule has 0 radical (unpaired) electrons. The van der Waals surface area contributed by atoms with Crippen molar-refractivity contribution in [2.45, 2.75) is 26.3 Å². The first-order chi connectivity index (χ1) is 12.1. The third kappa shape index (κ3) is 4.73. The number of aryl methyl sites for hydroxylation is 2. The smallest absolute Gasteiger partial charge is 0.220 e. The van der Waals surface area contributed by atoms with E-state index in [1.807, 2.05) is 29.6 Å². The molecule has 0 spiro atoms. The molecule has 0 aliphatic carbocycles.